The smallest absolute Gasteiger partial charge is 0.354 e. The van der Waals surface area contributed by atoms with E-state index in [9.17, 15) is 18.0 Å². The highest BCUT2D eigenvalue weighted by Crippen LogP contribution is 2.34. The minimum Gasteiger partial charge on any atom is -0.354 e. The van der Waals surface area contributed by atoms with Gasteiger partial charge in [0.05, 0.1) is 6.04 Å². The summed E-state index contributed by atoms with van der Waals surface area (Å²) in [6, 6.07) is 1.01. The van der Waals surface area contributed by atoms with E-state index in [0.29, 0.717) is 12.1 Å². The number of amides is 1. The molecule has 0 aromatic carbocycles. The first-order chi connectivity index (χ1) is 8.77. The van der Waals surface area contributed by atoms with Crippen molar-refractivity contribution in [2.24, 2.45) is 0 Å². The molecule has 1 N–H and O–H groups in total. The van der Waals surface area contributed by atoms with Gasteiger partial charge in [-0.3, -0.25) is 9.48 Å². The number of hydrogen-bond donors (Lipinski definition) is 1. The van der Waals surface area contributed by atoms with E-state index in [2.05, 4.69) is 10.4 Å². The van der Waals surface area contributed by atoms with Crippen LogP contribution in [-0.4, -0.2) is 21.7 Å². The second-order valence-electron chi connectivity index (χ2n) is 4.98. The number of rotatable bonds is 2. The van der Waals surface area contributed by atoms with Crippen molar-refractivity contribution in [3.8, 4) is 0 Å². The van der Waals surface area contributed by atoms with E-state index >= 15 is 0 Å². The van der Waals surface area contributed by atoms with Crippen LogP contribution < -0.4 is 5.32 Å². The molecule has 1 aromatic heterocycles. The van der Waals surface area contributed by atoms with Crippen molar-refractivity contribution in [3.05, 3.63) is 17.5 Å². The maximum Gasteiger partial charge on any atom is 0.435 e. The maximum absolute atomic E-state index is 12.6. The molecule has 0 aliphatic heterocycles. The Bertz CT molecular complexity index is 481. The lowest BCUT2D eigenvalue weighted by Gasteiger charge is -2.14. The van der Waals surface area contributed by atoms with E-state index in [1.54, 1.807) is 6.92 Å². The largest absolute Gasteiger partial charge is 0.435 e. The fourth-order valence-corrected chi connectivity index (χ4v) is 2.59. The van der Waals surface area contributed by atoms with Gasteiger partial charge in [-0.25, -0.2) is 0 Å². The van der Waals surface area contributed by atoms with Gasteiger partial charge in [0.25, 0.3) is 0 Å². The van der Waals surface area contributed by atoms with E-state index in [0.717, 1.165) is 18.9 Å². The highest BCUT2D eigenvalue weighted by Gasteiger charge is 2.36. The zero-order chi connectivity index (χ0) is 14.2. The van der Waals surface area contributed by atoms with Crippen LogP contribution in [0.15, 0.2) is 6.07 Å². The van der Waals surface area contributed by atoms with Crippen molar-refractivity contribution < 1.29 is 18.0 Å². The lowest BCUT2D eigenvalue weighted by Crippen LogP contribution is -2.31. The monoisotopic (exact) mass is 275 g/mol. The minimum absolute atomic E-state index is 0.0282. The molecular weight excluding hydrogens is 259 g/mol. The molecule has 0 saturated heterocycles. The molecule has 4 nitrogen and oxygen atoms in total. The van der Waals surface area contributed by atoms with Crippen LogP contribution in [0.1, 0.15) is 43.6 Å². The van der Waals surface area contributed by atoms with Crippen LogP contribution in [0.4, 0.5) is 13.2 Å². The van der Waals surface area contributed by atoms with Gasteiger partial charge in [0, 0.05) is 18.7 Å². The van der Waals surface area contributed by atoms with Crippen LogP contribution in [0, 0.1) is 6.92 Å². The van der Waals surface area contributed by atoms with Crippen LogP contribution in [0.25, 0.3) is 0 Å². The molecule has 1 aliphatic carbocycles. The molecule has 1 fully saturated rings. The molecule has 0 radical (unpaired) electrons. The summed E-state index contributed by atoms with van der Waals surface area (Å²) in [6.45, 7) is 3.06. The van der Waals surface area contributed by atoms with E-state index in [4.69, 9.17) is 0 Å². The third-order valence-corrected chi connectivity index (χ3v) is 3.37. The minimum atomic E-state index is -4.41. The molecule has 1 aromatic rings. The summed E-state index contributed by atoms with van der Waals surface area (Å²) in [6.07, 6.45) is -2.29. The molecule has 106 valence electrons. The summed E-state index contributed by atoms with van der Waals surface area (Å²) >= 11 is 0. The lowest BCUT2D eigenvalue weighted by atomic mass is 10.2. The fourth-order valence-electron chi connectivity index (χ4n) is 2.59. The third kappa shape index (κ3) is 3.08. The van der Waals surface area contributed by atoms with Crippen LogP contribution in [0.2, 0.25) is 0 Å². The van der Waals surface area contributed by atoms with E-state index in [1.165, 1.54) is 11.6 Å². The van der Waals surface area contributed by atoms with Gasteiger partial charge in [-0.2, -0.15) is 18.3 Å². The zero-order valence-corrected chi connectivity index (χ0v) is 10.8. The molecule has 1 saturated carbocycles. The van der Waals surface area contributed by atoms with Crippen LogP contribution >= 0.6 is 0 Å². The Hall–Kier alpha value is -1.53. The number of nitrogens with zero attached hydrogens (tertiary/aromatic N) is 2. The summed E-state index contributed by atoms with van der Waals surface area (Å²) in [7, 11) is 0. The summed E-state index contributed by atoms with van der Waals surface area (Å²) in [5, 5.41) is 6.45. The highest BCUT2D eigenvalue weighted by molar-refractivity contribution is 5.73. The number of hydrogen-bond acceptors (Lipinski definition) is 2. The van der Waals surface area contributed by atoms with Gasteiger partial charge in [0.1, 0.15) is 0 Å². The van der Waals surface area contributed by atoms with Crippen molar-refractivity contribution in [3.63, 3.8) is 0 Å². The summed E-state index contributed by atoms with van der Waals surface area (Å²) in [5.74, 6) is -0.112. The first-order valence-corrected chi connectivity index (χ1v) is 6.18. The molecule has 19 heavy (non-hydrogen) atoms. The quantitative estimate of drug-likeness (QED) is 0.901. The Kier molecular flexibility index (Phi) is 3.56. The predicted molar refractivity (Wildman–Crippen MR) is 62.5 cm³/mol. The fraction of sp³-hybridized carbons (Fsp3) is 0.667. The third-order valence-electron chi connectivity index (χ3n) is 3.37. The van der Waals surface area contributed by atoms with Gasteiger partial charge in [0.2, 0.25) is 5.91 Å². The van der Waals surface area contributed by atoms with Crippen molar-refractivity contribution in [1.29, 1.82) is 0 Å². The number of alkyl halides is 3. The lowest BCUT2D eigenvalue weighted by molar-refractivity contribution is -0.141. The first kappa shape index (κ1) is 13.9. The number of nitrogens with one attached hydrogen (secondary N) is 1. The van der Waals surface area contributed by atoms with E-state index in [1.807, 2.05) is 0 Å². The van der Waals surface area contributed by atoms with Crippen molar-refractivity contribution >= 4 is 5.91 Å². The molecule has 2 atom stereocenters. The Balaban J connectivity index is 2.11. The highest BCUT2D eigenvalue weighted by atomic mass is 19.4. The predicted octanol–water partition coefficient (Wildman–Crippen LogP) is 2.44. The number of carbonyl (C=O) groups is 1. The van der Waals surface area contributed by atoms with Gasteiger partial charge in [-0.15, -0.1) is 0 Å². The Morgan fingerprint density at radius 3 is 2.68 bits per heavy atom. The molecule has 1 amide bonds. The van der Waals surface area contributed by atoms with E-state index in [-0.39, 0.29) is 18.0 Å². The van der Waals surface area contributed by atoms with Gasteiger partial charge < -0.3 is 5.32 Å². The second kappa shape index (κ2) is 4.86. The summed E-state index contributed by atoms with van der Waals surface area (Å²) < 4.78 is 39.2. The first-order valence-electron chi connectivity index (χ1n) is 6.18. The number of aromatic nitrogens is 2. The number of carbonyl (C=O) groups excluding carboxylic acids is 1. The van der Waals surface area contributed by atoms with Crippen LogP contribution in [0.5, 0.6) is 0 Å². The van der Waals surface area contributed by atoms with Gasteiger partial charge >= 0.3 is 6.18 Å². The Labute approximate surface area is 109 Å². The van der Waals surface area contributed by atoms with E-state index < -0.39 is 11.9 Å². The van der Waals surface area contributed by atoms with Crippen LogP contribution in [-0.2, 0) is 11.0 Å². The average molecular weight is 275 g/mol. The van der Waals surface area contributed by atoms with Crippen molar-refractivity contribution in [1.82, 2.24) is 15.1 Å². The molecular formula is C12H16F3N3O. The molecule has 1 aliphatic rings. The van der Waals surface area contributed by atoms with Crippen molar-refractivity contribution in [2.45, 2.75) is 51.4 Å². The van der Waals surface area contributed by atoms with Gasteiger partial charge in [0.15, 0.2) is 5.69 Å². The Morgan fingerprint density at radius 1 is 1.47 bits per heavy atom. The molecule has 0 bridgehead atoms. The topological polar surface area (TPSA) is 46.9 Å². The SMILES string of the molecule is CC(=O)NC1CCC(n2nc(C(F)(F)F)cc2C)C1. The molecule has 1 heterocycles. The summed E-state index contributed by atoms with van der Waals surface area (Å²) in [4.78, 5) is 11.0. The maximum atomic E-state index is 12.6. The molecule has 2 unspecified atom stereocenters. The van der Waals surface area contributed by atoms with Crippen LogP contribution in [0.3, 0.4) is 0 Å². The molecule has 2 rings (SSSR count). The molecule has 7 heteroatoms. The number of halogens is 3. The second-order valence-corrected chi connectivity index (χ2v) is 4.98. The molecule has 0 spiro atoms. The van der Waals surface area contributed by atoms with Gasteiger partial charge in [-0.05, 0) is 32.3 Å². The summed E-state index contributed by atoms with van der Waals surface area (Å²) in [5.41, 5.74) is -0.353. The van der Waals surface area contributed by atoms with Crippen molar-refractivity contribution in [2.75, 3.05) is 0 Å². The zero-order valence-electron chi connectivity index (χ0n) is 10.8. The normalized spacial score (nSPS) is 23.6. The van der Waals surface area contributed by atoms with Gasteiger partial charge in [-0.1, -0.05) is 0 Å². The Morgan fingerprint density at radius 2 is 2.16 bits per heavy atom. The average Bonchev–Trinajstić information content (AvgIpc) is 2.82. The standard InChI is InChI=1S/C12H16F3N3O/c1-7-5-11(12(13,14)15)17-18(7)10-4-3-9(6-10)16-8(2)19/h5,9-10H,3-4,6H2,1-2H3,(H,16,19). The number of aryl methyl sites for hydroxylation is 1.